The SMILES string of the molecule is CC1=Nc2cc(=O)c(-c3ccccc3)cn2C1=O. The predicted molar refractivity (Wildman–Crippen MR) is 69.5 cm³/mol. The second-order valence-electron chi connectivity index (χ2n) is 4.15. The fraction of sp³-hybridized carbons (Fsp3) is 0.0714. The average molecular weight is 238 g/mol. The van der Waals surface area contributed by atoms with Crippen LogP contribution >= 0.6 is 0 Å². The summed E-state index contributed by atoms with van der Waals surface area (Å²) in [4.78, 5) is 27.9. The third-order valence-electron chi connectivity index (χ3n) is 2.93. The quantitative estimate of drug-likeness (QED) is 0.765. The van der Waals surface area contributed by atoms with Crippen LogP contribution in [-0.4, -0.2) is 16.2 Å². The molecule has 1 aromatic carbocycles. The fourth-order valence-corrected chi connectivity index (χ4v) is 2.00. The zero-order valence-electron chi connectivity index (χ0n) is 9.75. The van der Waals surface area contributed by atoms with E-state index in [1.54, 1.807) is 13.1 Å². The molecule has 0 aliphatic carbocycles. The van der Waals surface area contributed by atoms with Crippen LogP contribution in [0.25, 0.3) is 11.1 Å². The first kappa shape index (κ1) is 10.7. The van der Waals surface area contributed by atoms with Crippen LogP contribution in [0.1, 0.15) is 11.7 Å². The first-order valence-corrected chi connectivity index (χ1v) is 5.59. The summed E-state index contributed by atoms with van der Waals surface area (Å²) in [7, 11) is 0. The Morgan fingerprint density at radius 1 is 1.11 bits per heavy atom. The number of nitrogens with zero attached hydrogens (tertiary/aromatic N) is 2. The molecule has 0 spiro atoms. The van der Waals surface area contributed by atoms with Gasteiger partial charge in [0.25, 0.3) is 5.91 Å². The molecule has 18 heavy (non-hydrogen) atoms. The van der Waals surface area contributed by atoms with Crippen molar-refractivity contribution in [3.63, 3.8) is 0 Å². The van der Waals surface area contributed by atoms with E-state index in [4.69, 9.17) is 0 Å². The maximum absolute atomic E-state index is 12.0. The molecule has 3 rings (SSSR count). The molecule has 88 valence electrons. The lowest BCUT2D eigenvalue weighted by molar-refractivity contribution is 0.0997. The van der Waals surface area contributed by atoms with Crippen molar-refractivity contribution in [1.82, 2.24) is 4.57 Å². The molecule has 0 amide bonds. The van der Waals surface area contributed by atoms with E-state index in [0.29, 0.717) is 17.1 Å². The minimum absolute atomic E-state index is 0.126. The number of hydrogen-bond donors (Lipinski definition) is 0. The van der Waals surface area contributed by atoms with Crippen molar-refractivity contribution in [3.8, 4) is 11.1 Å². The molecule has 1 aliphatic rings. The van der Waals surface area contributed by atoms with Gasteiger partial charge >= 0.3 is 0 Å². The van der Waals surface area contributed by atoms with Gasteiger partial charge in [0, 0.05) is 17.8 Å². The molecule has 0 bridgehead atoms. The summed E-state index contributed by atoms with van der Waals surface area (Å²) >= 11 is 0. The van der Waals surface area contributed by atoms with E-state index in [1.165, 1.54) is 10.6 Å². The summed E-state index contributed by atoms with van der Waals surface area (Å²) in [5.41, 5.74) is 1.59. The van der Waals surface area contributed by atoms with Gasteiger partial charge in [0.1, 0.15) is 11.5 Å². The van der Waals surface area contributed by atoms with Crippen molar-refractivity contribution >= 4 is 17.4 Å². The van der Waals surface area contributed by atoms with Gasteiger partial charge in [0.15, 0.2) is 5.43 Å². The molecule has 0 saturated carbocycles. The number of rotatable bonds is 1. The number of carbonyl (C=O) groups excluding carboxylic acids is 1. The van der Waals surface area contributed by atoms with Crippen molar-refractivity contribution in [3.05, 3.63) is 52.8 Å². The molecule has 2 heterocycles. The lowest BCUT2D eigenvalue weighted by Gasteiger charge is -2.05. The normalized spacial score (nSPS) is 13.4. The van der Waals surface area contributed by atoms with Gasteiger partial charge in [0.2, 0.25) is 0 Å². The van der Waals surface area contributed by atoms with Crippen molar-refractivity contribution in [1.29, 1.82) is 0 Å². The predicted octanol–water partition coefficient (Wildman–Crippen LogP) is 2.26. The van der Waals surface area contributed by atoms with E-state index < -0.39 is 0 Å². The van der Waals surface area contributed by atoms with Crippen molar-refractivity contribution in [2.75, 3.05) is 0 Å². The minimum atomic E-state index is -0.179. The second-order valence-corrected chi connectivity index (χ2v) is 4.15. The van der Waals surface area contributed by atoms with Crippen molar-refractivity contribution in [2.45, 2.75) is 6.92 Å². The fourth-order valence-electron chi connectivity index (χ4n) is 2.00. The number of hydrogen-bond acceptors (Lipinski definition) is 3. The van der Waals surface area contributed by atoms with Gasteiger partial charge in [-0.25, -0.2) is 4.99 Å². The summed E-state index contributed by atoms with van der Waals surface area (Å²) < 4.78 is 1.42. The standard InChI is InChI=1S/C14H10N2O2/c1-9-14(18)16-8-11(10-5-3-2-4-6-10)12(17)7-13(16)15-9/h2-8H,1H3. The molecule has 0 fully saturated rings. The molecule has 0 saturated heterocycles. The monoisotopic (exact) mass is 238 g/mol. The lowest BCUT2D eigenvalue weighted by atomic mass is 10.1. The van der Waals surface area contributed by atoms with Crippen LogP contribution in [0.2, 0.25) is 0 Å². The first-order valence-electron chi connectivity index (χ1n) is 5.59. The molecule has 1 aliphatic heterocycles. The van der Waals surface area contributed by atoms with Gasteiger partial charge in [-0.2, -0.15) is 0 Å². The molecule has 1 aromatic heterocycles. The van der Waals surface area contributed by atoms with Crippen LogP contribution in [0.15, 0.2) is 52.4 Å². The van der Waals surface area contributed by atoms with E-state index in [1.807, 2.05) is 30.3 Å². The van der Waals surface area contributed by atoms with Gasteiger partial charge in [-0.1, -0.05) is 30.3 Å². The maximum atomic E-state index is 12.0. The van der Waals surface area contributed by atoms with Gasteiger partial charge in [-0.05, 0) is 12.5 Å². The van der Waals surface area contributed by atoms with E-state index in [0.717, 1.165) is 5.56 Å². The topological polar surface area (TPSA) is 51.4 Å². The zero-order chi connectivity index (χ0) is 12.7. The molecule has 0 atom stereocenters. The van der Waals surface area contributed by atoms with E-state index in [2.05, 4.69) is 4.99 Å². The summed E-state index contributed by atoms with van der Waals surface area (Å²) in [5.74, 6) is 0.226. The highest BCUT2D eigenvalue weighted by molar-refractivity contribution is 6.41. The zero-order valence-corrected chi connectivity index (χ0v) is 9.75. The first-order chi connectivity index (χ1) is 8.66. The summed E-state index contributed by atoms with van der Waals surface area (Å²) in [6.45, 7) is 1.64. The number of aliphatic imine (C=N–C) groups is 1. The van der Waals surface area contributed by atoms with E-state index in [-0.39, 0.29) is 11.3 Å². The smallest absolute Gasteiger partial charge is 0.277 e. The van der Waals surface area contributed by atoms with Crippen LogP contribution in [0, 0.1) is 0 Å². The third kappa shape index (κ3) is 1.50. The highest BCUT2D eigenvalue weighted by atomic mass is 16.2. The Hall–Kier alpha value is -2.49. The minimum Gasteiger partial charge on any atom is -0.289 e. The molecular weight excluding hydrogens is 228 g/mol. The largest absolute Gasteiger partial charge is 0.289 e. The average Bonchev–Trinajstić information content (AvgIpc) is 2.65. The van der Waals surface area contributed by atoms with Crippen molar-refractivity contribution in [2.24, 2.45) is 4.99 Å². The summed E-state index contributed by atoms with van der Waals surface area (Å²) in [5, 5.41) is 0. The molecule has 0 radical (unpaired) electrons. The number of fused-ring (bicyclic) bond motifs is 1. The Labute approximate surface area is 103 Å². The van der Waals surface area contributed by atoms with Gasteiger partial charge in [-0.3, -0.25) is 14.2 Å². The molecule has 0 N–H and O–H groups in total. The van der Waals surface area contributed by atoms with Crippen LogP contribution < -0.4 is 5.43 Å². The van der Waals surface area contributed by atoms with Crippen LogP contribution in [0.4, 0.5) is 5.82 Å². The Morgan fingerprint density at radius 2 is 1.83 bits per heavy atom. The molecular formula is C14H10N2O2. The highest BCUT2D eigenvalue weighted by Crippen LogP contribution is 2.22. The van der Waals surface area contributed by atoms with Crippen LogP contribution in [-0.2, 0) is 0 Å². The Balaban J connectivity index is 2.23. The van der Waals surface area contributed by atoms with Gasteiger partial charge in [0.05, 0.1) is 0 Å². The Kier molecular flexibility index (Phi) is 2.23. The summed E-state index contributed by atoms with van der Waals surface area (Å²) in [6, 6.07) is 10.7. The number of pyridine rings is 1. The second kappa shape index (κ2) is 3.77. The third-order valence-corrected chi connectivity index (χ3v) is 2.93. The Bertz CT molecular complexity index is 727. The van der Waals surface area contributed by atoms with Gasteiger partial charge < -0.3 is 0 Å². The van der Waals surface area contributed by atoms with Gasteiger partial charge in [-0.15, -0.1) is 0 Å². The highest BCUT2D eigenvalue weighted by Gasteiger charge is 2.21. The molecule has 4 heteroatoms. The maximum Gasteiger partial charge on any atom is 0.277 e. The van der Waals surface area contributed by atoms with Crippen LogP contribution in [0.3, 0.4) is 0 Å². The number of benzene rings is 1. The molecule has 0 unspecified atom stereocenters. The molecule has 4 nitrogen and oxygen atoms in total. The van der Waals surface area contributed by atoms with E-state index in [9.17, 15) is 9.59 Å². The van der Waals surface area contributed by atoms with Crippen molar-refractivity contribution < 1.29 is 4.79 Å². The summed E-state index contributed by atoms with van der Waals surface area (Å²) in [6.07, 6.45) is 1.56. The van der Waals surface area contributed by atoms with Crippen LogP contribution in [0.5, 0.6) is 0 Å². The number of aromatic nitrogens is 1. The molecule has 2 aromatic rings. The Morgan fingerprint density at radius 3 is 2.56 bits per heavy atom. The lowest BCUT2D eigenvalue weighted by Crippen LogP contribution is -2.16. The van der Waals surface area contributed by atoms with E-state index >= 15 is 0 Å². The number of carbonyl (C=O) groups is 1.